The van der Waals surface area contributed by atoms with Crippen LogP contribution in [-0.4, -0.2) is 47.7 Å². The summed E-state index contributed by atoms with van der Waals surface area (Å²) in [5.41, 5.74) is 2.77. The minimum absolute atomic E-state index is 0.160. The zero-order valence-electron chi connectivity index (χ0n) is 18.8. The summed E-state index contributed by atoms with van der Waals surface area (Å²) in [6.07, 6.45) is 0.202. The molecule has 0 spiro atoms. The Morgan fingerprint density at radius 3 is 2.33 bits per heavy atom. The zero-order chi connectivity index (χ0) is 21.9. The van der Waals surface area contributed by atoms with Gasteiger partial charge in [0, 0.05) is 41.5 Å². The van der Waals surface area contributed by atoms with Gasteiger partial charge in [-0.05, 0) is 49.1 Å². The summed E-state index contributed by atoms with van der Waals surface area (Å²) in [4.78, 5) is 18.3. The van der Waals surface area contributed by atoms with Crippen LogP contribution in [0.4, 0.5) is 5.69 Å². The molecule has 2 atom stereocenters. The first kappa shape index (κ1) is 22.7. The van der Waals surface area contributed by atoms with Gasteiger partial charge in [-0.15, -0.1) is 0 Å². The van der Waals surface area contributed by atoms with Crippen molar-refractivity contribution in [3.8, 4) is 0 Å². The lowest BCUT2D eigenvalue weighted by Gasteiger charge is -2.45. The predicted molar refractivity (Wildman–Crippen MR) is 126 cm³/mol. The van der Waals surface area contributed by atoms with E-state index < -0.39 is 5.97 Å². The van der Waals surface area contributed by atoms with E-state index in [0.29, 0.717) is 18.6 Å². The van der Waals surface area contributed by atoms with E-state index in [9.17, 15) is 4.79 Å². The van der Waals surface area contributed by atoms with Crippen LogP contribution in [0.1, 0.15) is 46.6 Å². The quantitative estimate of drug-likeness (QED) is 0.660. The normalized spacial score (nSPS) is 20.4. The molecular weight excluding hydrogens is 392 g/mol. The first-order valence-corrected chi connectivity index (χ1v) is 11.6. The lowest BCUT2D eigenvalue weighted by molar-refractivity contribution is -0.137. The van der Waals surface area contributed by atoms with Crippen LogP contribution in [0.3, 0.4) is 0 Å². The maximum atomic E-state index is 11.0. The highest BCUT2D eigenvalue weighted by atomic mass is 32.2. The fourth-order valence-corrected chi connectivity index (χ4v) is 4.98. The van der Waals surface area contributed by atoms with E-state index >= 15 is 0 Å². The van der Waals surface area contributed by atoms with Crippen LogP contribution in [0.5, 0.6) is 0 Å². The molecule has 3 rings (SSSR count). The third kappa shape index (κ3) is 5.58. The highest BCUT2D eigenvalue weighted by molar-refractivity contribution is 7.99. The molecule has 0 unspecified atom stereocenters. The third-order valence-corrected chi connectivity index (χ3v) is 6.92. The molecular formula is C25H34N2O2S. The van der Waals surface area contributed by atoms with E-state index in [1.807, 2.05) is 11.8 Å². The van der Waals surface area contributed by atoms with Crippen molar-refractivity contribution in [2.24, 2.45) is 0 Å². The van der Waals surface area contributed by atoms with E-state index in [1.54, 1.807) is 0 Å². The van der Waals surface area contributed by atoms with Crippen LogP contribution in [0.15, 0.2) is 58.3 Å². The van der Waals surface area contributed by atoms with E-state index in [-0.39, 0.29) is 11.8 Å². The summed E-state index contributed by atoms with van der Waals surface area (Å²) in [6.45, 7) is 13.6. The molecule has 0 bridgehead atoms. The molecule has 0 saturated carbocycles. The van der Waals surface area contributed by atoms with Crippen LogP contribution < -0.4 is 4.90 Å². The van der Waals surface area contributed by atoms with Crippen LogP contribution in [0.25, 0.3) is 0 Å². The smallest absolute Gasteiger partial charge is 0.304 e. The number of para-hydroxylation sites is 1. The third-order valence-electron chi connectivity index (χ3n) is 5.85. The highest BCUT2D eigenvalue weighted by Gasteiger charge is 2.30. The number of piperazine rings is 1. The van der Waals surface area contributed by atoms with Gasteiger partial charge in [-0.2, -0.15) is 0 Å². The molecule has 30 heavy (non-hydrogen) atoms. The Kier molecular flexibility index (Phi) is 7.14. The maximum absolute atomic E-state index is 11.0. The van der Waals surface area contributed by atoms with Crippen molar-refractivity contribution in [3.05, 3.63) is 54.1 Å². The van der Waals surface area contributed by atoms with E-state index in [2.05, 4.69) is 92.9 Å². The summed E-state index contributed by atoms with van der Waals surface area (Å²) >= 11 is 1.81. The van der Waals surface area contributed by atoms with Crippen molar-refractivity contribution in [3.63, 3.8) is 0 Å². The monoisotopic (exact) mass is 426 g/mol. The van der Waals surface area contributed by atoms with Gasteiger partial charge in [-0.3, -0.25) is 9.69 Å². The topological polar surface area (TPSA) is 43.8 Å². The lowest BCUT2D eigenvalue weighted by atomic mass is 9.87. The highest BCUT2D eigenvalue weighted by Crippen LogP contribution is 2.38. The molecule has 162 valence electrons. The standard InChI is InChI=1S/C25H34N2O2S/c1-18-17-27(19(2)16-26(18)15-14-24(28)29)22-8-6-7-9-23(22)30-21-12-10-20(11-13-21)25(3,4)5/h6-13,18-19H,14-17H2,1-5H3,(H,28,29)/t18-,19+/m1/s1. The molecule has 5 heteroatoms. The van der Waals surface area contributed by atoms with Crippen LogP contribution in [0.2, 0.25) is 0 Å². The van der Waals surface area contributed by atoms with Crippen LogP contribution in [-0.2, 0) is 10.2 Å². The summed E-state index contributed by atoms with van der Waals surface area (Å²) in [5.74, 6) is -0.725. The van der Waals surface area contributed by atoms with Crippen molar-refractivity contribution in [2.45, 2.75) is 68.3 Å². The number of carboxylic acid groups (broad SMARTS) is 1. The van der Waals surface area contributed by atoms with Gasteiger partial charge in [-0.1, -0.05) is 56.8 Å². The fraction of sp³-hybridized carbons (Fsp3) is 0.480. The number of benzene rings is 2. The Morgan fingerprint density at radius 1 is 1.03 bits per heavy atom. The summed E-state index contributed by atoms with van der Waals surface area (Å²) < 4.78 is 0. The number of carboxylic acids is 1. The van der Waals surface area contributed by atoms with Crippen molar-refractivity contribution < 1.29 is 9.90 Å². The number of hydrogen-bond donors (Lipinski definition) is 1. The van der Waals surface area contributed by atoms with Crippen molar-refractivity contribution in [1.82, 2.24) is 4.90 Å². The number of rotatable bonds is 6. The molecule has 1 N–H and O–H groups in total. The van der Waals surface area contributed by atoms with Crippen molar-refractivity contribution in [2.75, 3.05) is 24.5 Å². The number of hydrogen-bond acceptors (Lipinski definition) is 4. The molecule has 1 saturated heterocycles. The van der Waals surface area contributed by atoms with Crippen molar-refractivity contribution >= 4 is 23.4 Å². The Morgan fingerprint density at radius 2 is 1.70 bits per heavy atom. The van der Waals surface area contributed by atoms with Gasteiger partial charge < -0.3 is 10.0 Å². The molecule has 2 aromatic rings. The molecule has 0 aliphatic carbocycles. The second kappa shape index (κ2) is 9.44. The fourth-order valence-electron chi connectivity index (χ4n) is 4.02. The first-order chi connectivity index (χ1) is 14.1. The average Bonchev–Trinajstić information content (AvgIpc) is 2.68. The number of nitrogens with zero attached hydrogens (tertiary/aromatic N) is 2. The minimum Gasteiger partial charge on any atom is -0.481 e. The van der Waals surface area contributed by atoms with E-state index in [4.69, 9.17) is 5.11 Å². The number of aliphatic carboxylic acids is 1. The lowest BCUT2D eigenvalue weighted by Crippen LogP contribution is -2.57. The second-order valence-electron chi connectivity index (χ2n) is 9.33. The van der Waals surface area contributed by atoms with Crippen LogP contribution >= 0.6 is 11.8 Å². The van der Waals surface area contributed by atoms with Gasteiger partial charge in [0.05, 0.1) is 12.1 Å². The molecule has 1 aliphatic heterocycles. The molecule has 2 aromatic carbocycles. The molecule has 4 nitrogen and oxygen atoms in total. The van der Waals surface area contributed by atoms with Gasteiger partial charge in [-0.25, -0.2) is 0 Å². The summed E-state index contributed by atoms with van der Waals surface area (Å²) in [7, 11) is 0. The second-order valence-corrected chi connectivity index (χ2v) is 10.4. The Balaban J connectivity index is 1.76. The number of carbonyl (C=O) groups is 1. The first-order valence-electron chi connectivity index (χ1n) is 10.7. The maximum Gasteiger partial charge on any atom is 0.304 e. The van der Waals surface area contributed by atoms with Gasteiger partial charge in [0.25, 0.3) is 0 Å². The SMILES string of the molecule is C[C@@H]1CN(c2ccccc2Sc2ccc(C(C)(C)C)cc2)[C@@H](C)CN1CCC(=O)O. The predicted octanol–water partition coefficient (Wildman–Crippen LogP) is 5.51. The number of anilines is 1. The van der Waals surface area contributed by atoms with Gasteiger partial charge in [0.1, 0.15) is 0 Å². The molecule has 0 radical (unpaired) electrons. The molecule has 1 fully saturated rings. The van der Waals surface area contributed by atoms with E-state index in [0.717, 1.165) is 13.1 Å². The Hall–Kier alpha value is -1.98. The van der Waals surface area contributed by atoms with E-state index in [1.165, 1.54) is 21.0 Å². The van der Waals surface area contributed by atoms with Crippen LogP contribution in [0, 0.1) is 0 Å². The molecule has 0 amide bonds. The summed E-state index contributed by atoms with van der Waals surface area (Å²) in [6, 6.07) is 18.2. The molecule has 1 heterocycles. The molecule has 1 aliphatic rings. The largest absolute Gasteiger partial charge is 0.481 e. The molecule has 0 aromatic heterocycles. The Labute approximate surface area is 185 Å². The minimum atomic E-state index is -0.725. The Bertz CT molecular complexity index is 860. The zero-order valence-corrected chi connectivity index (χ0v) is 19.6. The van der Waals surface area contributed by atoms with Gasteiger partial charge >= 0.3 is 5.97 Å². The van der Waals surface area contributed by atoms with Gasteiger partial charge in [0.15, 0.2) is 0 Å². The van der Waals surface area contributed by atoms with Gasteiger partial charge in [0.2, 0.25) is 0 Å². The van der Waals surface area contributed by atoms with Crippen molar-refractivity contribution in [1.29, 1.82) is 0 Å². The average molecular weight is 427 g/mol. The summed E-state index contributed by atoms with van der Waals surface area (Å²) in [5, 5.41) is 9.02.